The Hall–Kier alpha value is -2.69. The van der Waals surface area contributed by atoms with Crippen molar-refractivity contribution in [2.24, 2.45) is 0 Å². The molecule has 2 heterocycles. The third kappa shape index (κ3) is 2.91. The van der Waals surface area contributed by atoms with Crippen LogP contribution in [0.25, 0.3) is 0 Å². The molecule has 2 rings (SSSR count). The lowest BCUT2D eigenvalue weighted by Gasteiger charge is -2.03. The molecule has 0 aliphatic rings. The number of nitrogens with zero attached hydrogens (tertiary/aromatic N) is 4. The molecule has 0 unspecified atom stereocenters. The van der Waals surface area contributed by atoms with Crippen molar-refractivity contribution in [2.45, 2.75) is 23.7 Å². The zero-order valence-electron chi connectivity index (χ0n) is 10.6. The van der Waals surface area contributed by atoms with E-state index in [0.29, 0.717) is 11.7 Å². The third-order valence-electron chi connectivity index (χ3n) is 2.52. The van der Waals surface area contributed by atoms with Gasteiger partial charge >= 0.3 is 17.3 Å². The molecule has 0 atom stereocenters. The number of hydrogen-bond acceptors (Lipinski definition) is 7. The minimum absolute atomic E-state index is 0.187. The molecule has 0 radical (unpaired) electrons. The molecule has 0 saturated carbocycles. The maximum absolute atomic E-state index is 11.4. The first-order valence-corrected chi connectivity index (χ1v) is 6.46. The van der Waals surface area contributed by atoms with Crippen molar-refractivity contribution in [2.75, 3.05) is 0 Å². The van der Waals surface area contributed by atoms with Crippen molar-refractivity contribution in [1.29, 1.82) is 0 Å². The van der Waals surface area contributed by atoms with Crippen molar-refractivity contribution in [3.05, 3.63) is 38.4 Å². The summed E-state index contributed by atoms with van der Waals surface area (Å²) in [5, 5.41) is 26.2. The molecule has 2 N–H and O–H groups in total. The lowest BCUT2D eigenvalue weighted by atomic mass is 10.2. The zero-order valence-corrected chi connectivity index (χ0v) is 11.5. The van der Waals surface area contributed by atoms with Crippen LogP contribution in [0.3, 0.4) is 0 Å². The van der Waals surface area contributed by atoms with Crippen LogP contribution in [0.15, 0.2) is 27.2 Å². The molecule has 2 aromatic heterocycles. The van der Waals surface area contributed by atoms with Crippen LogP contribution in [-0.4, -0.2) is 35.7 Å². The van der Waals surface area contributed by atoms with Crippen molar-refractivity contribution in [3.8, 4) is 0 Å². The Bertz CT molecular complexity index is 767. The minimum atomic E-state index is -1.43. The van der Waals surface area contributed by atoms with Crippen LogP contribution in [0.4, 0.5) is 5.69 Å². The highest BCUT2D eigenvalue weighted by molar-refractivity contribution is 7.99. The Kier molecular flexibility index (Phi) is 4.03. The Morgan fingerprint density at radius 3 is 2.90 bits per heavy atom. The summed E-state index contributed by atoms with van der Waals surface area (Å²) in [7, 11) is 0. The van der Waals surface area contributed by atoms with Gasteiger partial charge in [0.1, 0.15) is 16.8 Å². The summed E-state index contributed by atoms with van der Waals surface area (Å²) < 4.78 is 1.33. The molecule has 0 amide bonds. The van der Waals surface area contributed by atoms with Crippen molar-refractivity contribution in [1.82, 2.24) is 19.7 Å². The van der Waals surface area contributed by atoms with Gasteiger partial charge in [-0.2, -0.15) is 0 Å². The first-order valence-electron chi connectivity index (χ1n) is 5.64. The molecule has 11 heteroatoms. The number of aromatic nitrogens is 4. The lowest BCUT2D eigenvalue weighted by molar-refractivity contribution is -0.385. The summed E-state index contributed by atoms with van der Waals surface area (Å²) in [4.78, 5) is 36.2. The summed E-state index contributed by atoms with van der Waals surface area (Å²) in [6, 6.07) is 1.07. The number of nitro groups is 1. The van der Waals surface area contributed by atoms with E-state index in [0.717, 1.165) is 24.0 Å². The van der Waals surface area contributed by atoms with Gasteiger partial charge in [0.15, 0.2) is 5.16 Å². The van der Waals surface area contributed by atoms with Gasteiger partial charge in [0.25, 0.3) is 0 Å². The number of rotatable bonds is 5. The highest BCUT2D eigenvalue weighted by atomic mass is 32.2. The van der Waals surface area contributed by atoms with Crippen LogP contribution in [-0.2, 0) is 6.54 Å². The second-order valence-corrected chi connectivity index (χ2v) is 4.75. The lowest BCUT2D eigenvalue weighted by Crippen LogP contribution is -2.16. The number of hydrogen-bond donors (Lipinski definition) is 2. The third-order valence-corrected chi connectivity index (χ3v) is 3.45. The molecule has 0 saturated heterocycles. The number of nitrogens with one attached hydrogen (secondary N) is 1. The van der Waals surface area contributed by atoms with Crippen LogP contribution in [0.1, 0.15) is 17.3 Å². The van der Waals surface area contributed by atoms with E-state index in [1.54, 1.807) is 6.92 Å². The van der Waals surface area contributed by atoms with Crippen molar-refractivity contribution >= 4 is 23.4 Å². The first-order chi connectivity index (χ1) is 9.93. The Labute approximate surface area is 121 Å². The van der Waals surface area contributed by atoms with E-state index in [-0.39, 0.29) is 5.03 Å². The monoisotopic (exact) mass is 311 g/mol. The average Bonchev–Trinajstić information content (AvgIpc) is 2.78. The number of carboxylic acid groups (broad SMARTS) is 1. The summed E-state index contributed by atoms with van der Waals surface area (Å²) in [6.45, 7) is 2.11. The summed E-state index contributed by atoms with van der Waals surface area (Å²) >= 11 is 0.935. The molecular formula is C10H9N5O5S. The first kappa shape index (κ1) is 14.7. The van der Waals surface area contributed by atoms with E-state index in [4.69, 9.17) is 5.11 Å². The van der Waals surface area contributed by atoms with Gasteiger partial charge in [-0.25, -0.2) is 19.7 Å². The summed E-state index contributed by atoms with van der Waals surface area (Å²) in [5.74, 6) is -1.43. The van der Waals surface area contributed by atoms with Gasteiger partial charge in [-0.3, -0.25) is 14.7 Å². The molecule has 0 aliphatic heterocycles. The number of pyridine rings is 1. The molecule has 0 fully saturated rings. The second kappa shape index (κ2) is 5.75. The van der Waals surface area contributed by atoms with Gasteiger partial charge in [-0.05, 0) is 24.8 Å². The van der Waals surface area contributed by atoms with E-state index >= 15 is 0 Å². The molecule has 2 aromatic rings. The van der Waals surface area contributed by atoms with Crippen LogP contribution in [0.2, 0.25) is 0 Å². The maximum atomic E-state index is 11.4. The molecular weight excluding hydrogens is 302 g/mol. The van der Waals surface area contributed by atoms with E-state index < -0.39 is 27.8 Å². The van der Waals surface area contributed by atoms with Gasteiger partial charge in [0.05, 0.1) is 4.92 Å². The Morgan fingerprint density at radius 1 is 1.62 bits per heavy atom. The smallest absolute Gasteiger partial charge is 0.343 e. The average molecular weight is 311 g/mol. The van der Waals surface area contributed by atoms with Gasteiger partial charge in [0.2, 0.25) is 0 Å². The number of carboxylic acids is 1. The standard InChI is InChI=1S/C10H9N5O5S/c1-2-14-9(18)12-13-10(14)21-7-3-5(8(16)17)6(4-11-7)15(19)20/h3-4H,2H2,1H3,(H,12,18)(H,16,17). The van der Waals surface area contributed by atoms with E-state index in [9.17, 15) is 19.7 Å². The SMILES string of the molecule is CCn1c(Sc2cc(C(=O)O)c([N+](=O)[O-])cn2)n[nH]c1=O. The van der Waals surface area contributed by atoms with Crippen LogP contribution in [0, 0.1) is 10.1 Å². The van der Waals surface area contributed by atoms with Gasteiger partial charge in [-0.1, -0.05) is 0 Å². The molecule has 110 valence electrons. The largest absolute Gasteiger partial charge is 0.477 e. The highest BCUT2D eigenvalue weighted by Gasteiger charge is 2.22. The van der Waals surface area contributed by atoms with Gasteiger partial charge in [0, 0.05) is 6.54 Å². The van der Waals surface area contributed by atoms with Gasteiger partial charge in [-0.15, -0.1) is 5.10 Å². The molecule has 0 aliphatic carbocycles. The zero-order chi connectivity index (χ0) is 15.6. The normalized spacial score (nSPS) is 10.5. The number of aromatic amines is 1. The van der Waals surface area contributed by atoms with Crippen molar-refractivity contribution < 1.29 is 14.8 Å². The summed E-state index contributed by atoms with van der Waals surface area (Å²) in [5.41, 5.74) is -1.47. The maximum Gasteiger partial charge on any atom is 0.343 e. The minimum Gasteiger partial charge on any atom is -0.477 e. The van der Waals surface area contributed by atoms with Crippen LogP contribution in [0.5, 0.6) is 0 Å². The predicted molar refractivity (Wildman–Crippen MR) is 70.5 cm³/mol. The van der Waals surface area contributed by atoms with Gasteiger partial charge < -0.3 is 5.11 Å². The van der Waals surface area contributed by atoms with E-state index in [1.807, 2.05) is 0 Å². The molecule has 0 bridgehead atoms. The molecule has 21 heavy (non-hydrogen) atoms. The quantitative estimate of drug-likeness (QED) is 0.607. The molecule has 0 aromatic carbocycles. The van der Waals surface area contributed by atoms with Crippen LogP contribution >= 0.6 is 11.8 Å². The molecule has 10 nitrogen and oxygen atoms in total. The number of H-pyrrole nitrogens is 1. The highest BCUT2D eigenvalue weighted by Crippen LogP contribution is 2.27. The van der Waals surface area contributed by atoms with Crippen molar-refractivity contribution in [3.63, 3.8) is 0 Å². The topological polar surface area (TPSA) is 144 Å². The fraction of sp³-hybridized carbons (Fsp3) is 0.200. The molecule has 0 spiro atoms. The van der Waals surface area contributed by atoms with E-state index in [1.165, 1.54) is 4.57 Å². The Morgan fingerprint density at radius 2 is 2.33 bits per heavy atom. The fourth-order valence-electron chi connectivity index (χ4n) is 1.56. The second-order valence-electron chi connectivity index (χ2n) is 3.76. The predicted octanol–water partition coefficient (Wildman–Crippen LogP) is 0.744. The van der Waals surface area contributed by atoms with E-state index in [2.05, 4.69) is 15.2 Å². The number of aromatic carboxylic acids is 1. The Balaban J connectivity index is 2.41. The summed E-state index contributed by atoms with van der Waals surface area (Å²) in [6.07, 6.45) is 0.868. The number of carbonyl (C=O) groups is 1. The fourth-order valence-corrected chi connectivity index (χ4v) is 2.44. The van der Waals surface area contributed by atoms with Crippen LogP contribution < -0.4 is 5.69 Å².